The fraction of sp³-hybridized carbons (Fsp3) is 0.818. The lowest BCUT2D eigenvalue weighted by atomic mass is 9.87. The van der Waals surface area contributed by atoms with Gasteiger partial charge in [0.1, 0.15) is 0 Å². The molecule has 0 unspecified atom stereocenters. The maximum atomic E-state index is 13.2. The summed E-state index contributed by atoms with van der Waals surface area (Å²) in [4.78, 5) is 0. The molecule has 0 aliphatic heterocycles. The van der Waals surface area contributed by atoms with Crippen LogP contribution in [0.5, 0.6) is 0 Å². The molecular formula is C11H4F18. The Morgan fingerprint density at radius 3 is 0.931 bits per heavy atom. The van der Waals surface area contributed by atoms with E-state index in [0.717, 1.165) is 0 Å². The minimum absolute atomic E-state index is 1.53. The second-order valence-corrected chi connectivity index (χ2v) is 5.20. The van der Waals surface area contributed by atoms with Crippen molar-refractivity contribution in [2.24, 2.45) is 0 Å². The molecular weight excluding hydrogens is 474 g/mol. The van der Waals surface area contributed by atoms with Crippen LogP contribution in [0.1, 0.15) is 0 Å². The van der Waals surface area contributed by atoms with E-state index >= 15 is 0 Å². The van der Waals surface area contributed by atoms with Gasteiger partial charge in [-0.15, -0.1) is 0 Å². The van der Waals surface area contributed by atoms with Gasteiger partial charge in [-0.1, -0.05) is 6.58 Å². The summed E-state index contributed by atoms with van der Waals surface area (Å²) in [7, 11) is 0. The Morgan fingerprint density at radius 1 is 0.448 bits per heavy atom. The zero-order valence-corrected chi connectivity index (χ0v) is 12.7. The normalized spacial score (nSPS) is 16.4. The van der Waals surface area contributed by atoms with E-state index in [2.05, 4.69) is 0 Å². The highest BCUT2D eigenvalue weighted by atomic mass is 19.4. The topological polar surface area (TPSA) is 0 Å². The van der Waals surface area contributed by atoms with Crippen LogP contribution in [0.4, 0.5) is 79.0 Å². The van der Waals surface area contributed by atoms with E-state index in [1.165, 1.54) is 0 Å². The highest BCUT2D eigenvalue weighted by Crippen LogP contribution is 2.64. The second-order valence-electron chi connectivity index (χ2n) is 5.20. The molecule has 0 saturated heterocycles. The predicted octanol–water partition coefficient (Wildman–Crippen LogP) is 6.52. The maximum absolute atomic E-state index is 13.2. The van der Waals surface area contributed by atoms with E-state index in [-0.39, 0.29) is 0 Å². The molecule has 0 aromatic rings. The Labute approximate surface area is 147 Å². The molecule has 0 aliphatic carbocycles. The molecule has 0 aromatic carbocycles. The number of halogens is 18. The van der Waals surface area contributed by atoms with Crippen LogP contribution in [0.25, 0.3) is 0 Å². The van der Waals surface area contributed by atoms with Gasteiger partial charge in [0.25, 0.3) is 0 Å². The van der Waals surface area contributed by atoms with Crippen molar-refractivity contribution in [2.75, 3.05) is 0 Å². The first-order valence-electron chi connectivity index (χ1n) is 6.20. The minimum Gasteiger partial charge on any atom is -0.203 e. The molecule has 29 heavy (non-hydrogen) atoms. The molecule has 0 aliphatic rings. The van der Waals surface area contributed by atoms with E-state index < -0.39 is 59.9 Å². The van der Waals surface area contributed by atoms with Gasteiger partial charge in [-0.05, 0) is 6.08 Å². The van der Waals surface area contributed by atoms with Gasteiger partial charge >= 0.3 is 53.8 Å². The fourth-order valence-electron chi connectivity index (χ4n) is 1.47. The number of rotatable bonds is 9. The zero-order valence-electron chi connectivity index (χ0n) is 12.7. The lowest BCUT2D eigenvalue weighted by Crippen LogP contribution is -2.75. The number of alkyl halides is 18. The van der Waals surface area contributed by atoms with Crippen LogP contribution in [0, 0.1) is 0 Å². The largest absolute Gasteiger partial charge is 0.385 e. The quantitative estimate of drug-likeness (QED) is 0.262. The van der Waals surface area contributed by atoms with Crippen molar-refractivity contribution in [3.05, 3.63) is 12.7 Å². The fourth-order valence-corrected chi connectivity index (χ4v) is 1.47. The predicted molar refractivity (Wildman–Crippen MR) is 55.8 cm³/mol. The van der Waals surface area contributed by atoms with Gasteiger partial charge in [0.2, 0.25) is 0 Å². The summed E-state index contributed by atoms with van der Waals surface area (Å²) >= 11 is 0. The minimum atomic E-state index is -8.70. The smallest absolute Gasteiger partial charge is 0.203 e. The molecule has 0 fully saturated rings. The molecule has 0 aromatic heterocycles. The molecule has 0 radical (unpaired) electrons. The number of allylic oxidation sites excluding steroid dienone is 1. The van der Waals surface area contributed by atoms with Crippen molar-refractivity contribution in [2.45, 2.75) is 53.8 Å². The van der Waals surface area contributed by atoms with Gasteiger partial charge in [-0.25, -0.2) is 8.78 Å². The molecule has 0 spiro atoms. The SMILES string of the molecule is C=CC(F)(F)C(F)(F)C(F)(F)C(F)(F)C(F)(F)C(F)(F)C(F)(F)C(F)(F)C(F)F. The van der Waals surface area contributed by atoms with Crippen molar-refractivity contribution in [3.8, 4) is 0 Å². The average molecular weight is 478 g/mol. The number of hydrogen-bond donors (Lipinski definition) is 0. The summed E-state index contributed by atoms with van der Waals surface area (Å²) < 4.78 is 230. The Hall–Kier alpha value is -1.52. The molecule has 0 saturated carbocycles. The monoisotopic (exact) mass is 478 g/mol. The van der Waals surface area contributed by atoms with Gasteiger partial charge in [-0.3, -0.25) is 0 Å². The third-order valence-electron chi connectivity index (χ3n) is 3.34. The van der Waals surface area contributed by atoms with Crippen LogP contribution >= 0.6 is 0 Å². The summed E-state index contributed by atoms with van der Waals surface area (Å²) in [5, 5.41) is 0. The van der Waals surface area contributed by atoms with E-state index in [9.17, 15) is 79.0 Å². The molecule has 0 nitrogen and oxygen atoms in total. The lowest BCUT2D eigenvalue weighted by molar-refractivity contribution is -0.455. The summed E-state index contributed by atoms with van der Waals surface area (Å²) in [5.41, 5.74) is 0. The van der Waals surface area contributed by atoms with Gasteiger partial charge in [0.15, 0.2) is 0 Å². The van der Waals surface area contributed by atoms with Crippen LogP contribution in [-0.2, 0) is 0 Å². The molecule has 0 atom stereocenters. The summed E-state index contributed by atoms with van der Waals surface area (Å²) in [6.45, 7) is 1.75. The first-order valence-corrected chi connectivity index (χ1v) is 6.20. The van der Waals surface area contributed by atoms with E-state index in [0.29, 0.717) is 0 Å². The zero-order chi connectivity index (χ0) is 24.3. The highest BCUT2D eigenvalue weighted by Gasteiger charge is 2.95. The van der Waals surface area contributed by atoms with Crippen molar-refractivity contribution in [1.82, 2.24) is 0 Å². The molecule has 18 heteroatoms. The van der Waals surface area contributed by atoms with Crippen LogP contribution in [0.2, 0.25) is 0 Å². The standard InChI is InChI=1S/C11H4F18/c1-2-4(14,15)6(18,19)8(22,23)10(26,27)11(28,29)9(24,25)7(20,21)5(16,17)3(12)13/h2-3H,1H2. The first-order chi connectivity index (χ1) is 12.3. The van der Waals surface area contributed by atoms with Gasteiger partial charge in [0.05, 0.1) is 0 Å². The second kappa shape index (κ2) is 6.75. The van der Waals surface area contributed by atoms with Crippen molar-refractivity contribution >= 4 is 0 Å². The Morgan fingerprint density at radius 2 is 0.690 bits per heavy atom. The van der Waals surface area contributed by atoms with Gasteiger partial charge in [-0.2, -0.15) is 70.2 Å². The molecule has 0 N–H and O–H groups in total. The van der Waals surface area contributed by atoms with E-state index in [4.69, 9.17) is 0 Å². The van der Waals surface area contributed by atoms with Gasteiger partial charge in [0, 0.05) is 0 Å². The third kappa shape index (κ3) is 3.19. The summed E-state index contributed by atoms with van der Waals surface area (Å²) in [5.74, 6) is -64.4. The Kier molecular flexibility index (Phi) is 6.39. The van der Waals surface area contributed by atoms with Crippen molar-refractivity contribution in [3.63, 3.8) is 0 Å². The summed E-state index contributed by atoms with van der Waals surface area (Å²) in [6.07, 6.45) is -7.51. The molecule has 0 amide bonds. The van der Waals surface area contributed by atoms with Crippen molar-refractivity contribution < 1.29 is 79.0 Å². The first kappa shape index (κ1) is 27.5. The number of hydrogen-bond acceptors (Lipinski definition) is 0. The Bertz CT molecular complexity index is 613. The van der Waals surface area contributed by atoms with Gasteiger partial charge < -0.3 is 0 Å². The van der Waals surface area contributed by atoms with Crippen LogP contribution < -0.4 is 0 Å². The molecule has 0 heterocycles. The summed E-state index contributed by atoms with van der Waals surface area (Å²) in [6, 6.07) is 0. The van der Waals surface area contributed by atoms with E-state index in [1.807, 2.05) is 0 Å². The molecule has 0 bridgehead atoms. The maximum Gasteiger partial charge on any atom is 0.385 e. The average Bonchev–Trinajstić information content (AvgIpc) is 2.53. The molecule has 0 rings (SSSR count). The van der Waals surface area contributed by atoms with E-state index in [1.54, 1.807) is 6.58 Å². The van der Waals surface area contributed by atoms with Crippen LogP contribution in [0.15, 0.2) is 12.7 Å². The molecule has 174 valence electrons. The van der Waals surface area contributed by atoms with Crippen LogP contribution in [-0.4, -0.2) is 53.8 Å². The lowest BCUT2D eigenvalue weighted by Gasteiger charge is -2.43. The highest BCUT2D eigenvalue weighted by molar-refractivity contribution is 5.17. The van der Waals surface area contributed by atoms with Crippen LogP contribution in [0.3, 0.4) is 0 Å². The Balaban J connectivity index is 6.80. The van der Waals surface area contributed by atoms with Crippen molar-refractivity contribution in [1.29, 1.82) is 0 Å². The third-order valence-corrected chi connectivity index (χ3v) is 3.34.